The molecule has 0 aromatic rings. The van der Waals surface area contributed by atoms with Crippen LogP contribution in [0.4, 0.5) is 4.79 Å². The molecule has 1 heterocycles. The highest BCUT2D eigenvalue weighted by Crippen LogP contribution is 2.45. The molecule has 3 unspecified atom stereocenters. The molecule has 174 valence electrons. The minimum atomic E-state index is -2.00. The number of carbonyl (C=O) groups excluding carboxylic acids is 4. The van der Waals surface area contributed by atoms with Crippen LogP contribution in [0.3, 0.4) is 0 Å². The lowest BCUT2D eigenvalue weighted by Gasteiger charge is -2.30. The van der Waals surface area contributed by atoms with E-state index in [4.69, 9.17) is 10.5 Å². The van der Waals surface area contributed by atoms with Gasteiger partial charge in [-0.3, -0.25) is 14.4 Å². The highest BCUT2D eigenvalue weighted by atomic mass is 32.2. The molecular weight excluding hydrogens is 426 g/mol. The van der Waals surface area contributed by atoms with E-state index >= 15 is 0 Å². The molecule has 4 N–H and O–H groups in total. The summed E-state index contributed by atoms with van der Waals surface area (Å²) in [6.45, 7) is 8.74. The number of alkyl carbamates (subject to hydrolysis) is 1. The van der Waals surface area contributed by atoms with E-state index in [-0.39, 0.29) is 24.5 Å². The van der Waals surface area contributed by atoms with Crippen molar-refractivity contribution in [1.82, 2.24) is 10.2 Å². The summed E-state index contributed by atoms with van der Waals surface area (Å²) in [6.07, 6.45) is 0.614. The second-order valence-corrected chi connectivity index (χ2v) is 9.84. The van der Waals surface area contributed by atoms with Crippen LogP contribution in [-0.2, 0) is 30.2 Å². The molecule has 3 amide bonds. The van der Waals surface area contributed by atoms with Gasteiger partial charge in [0.15, 0.2) is 16.9 Å². The Labute approximate surface area is 184 Å². The number of nitrogens with one attached hydrogen (secondary N) is 1. The number of Topliss-reactive ketones (excluding diaryl/α,β-unsaturated/α-hetero) is 1. The number of amides is 3. The summed E-state index contributed by atoms with van der Waals surface area (Å²) in [4.78, 5) is 50.6. The molecule has 2 rings (SSSR count). The van der Waals surface area contributed by atoms with E-state index in [9.17, 15) is 27.9 Å². The van der Waals surface area contributed by atoms with Gasteiger partial charge in [-0.25, -0.2) is 9.00 Å². The van der Waals surface area contributed by atoms with E-state index in [0.29, 0.717) is 31.4 Å². The van der Waals surface area contributed by atoms with Crippen molar-refractivity contribution in [3.8, 4) is 0 Å². The van der Waals surface area contributed by atoms with E-state index in [0.717, 1.165) is 0 Å². The number of ketones is 1. The molecule has 0 aromatic carbocycles. The van der Waals surface area contributed by atoms with Crippen LogP contribution >= 0.6 is 0 Å². The maximum atomic E-state index is 13.1. The molecule has 31 heavy (non-hydrogen) atoms. The predicted octanol–water partition coefficient (Wildman–Crippen LogP) is 0.872. The Morgan fingerprint density at radius 3 is 2.52 bits per heavy atom. The monoisotopic (exact) mass is 457 g/mol. The zero-order chi connectivity index (χ0) is 23.5. The maximum absolute atomic E-state index is 13.1. The lowest BCUT2D eigenvalue weighted by atomic mass is 10.0. The number of primary amides is 1. The summed E-state index contributed by atoms with van der Waals surface area (Å²) in [5.74, 6) is -1.65. The fourth-order valence-electron chi connectivity index (χ4n) is 3.89. The molecule has 1 saturated heterocycles. The van der Waals surface area contributed by atoms with E-state index < -0.39 is 51.9 Å². The van der Waals surface area contributed by atoms with Crippen molar-refractivity contribution in [2.24, 2.45) is 11.7 Å². The zero-order valence-corrected chi connectivity index (χ0v) is 18.9. The largest absolute Gasteiger partial charge is 0.443 e. The Morgan fingerprint density at radius 1 is 1.35 bits per heavy atom. The zero-order valence-electron chi connectivity index (χ0n) is 18.1. The molecule has 5 atom stereocenters. The van der Waals surface area contributed by atoms with Gasteiger partial charge in [-0.05, 0) is 52.0 Å². The highest BCUT2D eigenvalue weighted by Gasteiger charge is 2.53. The van der Waals surface area contributed by atoms with Crippen molar-refractivity contribution < 1.29 is 32.7 Å². The highest BCUT2D eigenvalue weighted by molar-refractivity contribution is 7.80. The fraction of sp³-hybridized carbons (Fsp3) is 0.700. The van der Waals surface area contributed by atoms with Crippen molar-refractivity contribution >= 4 is 34.8 Å². The van der Waals surface area contributed by atoms with E-state index in [1.165, 1.54) is 4.90 Å². The minimum absolute atomic E-state index is 0.00868. The standard InChI is InChI=1S/C20H31N3O7S/c1-11(2)15(24)8-7-13(18(26)23-9-5-6-14(23)17(21)25)22-19(27)30-20(3,4)12-10-16(12)31(28)29/h12-14,16H,1,5-10H2,2-4H3,(H2,21,25)(H,22,27)(H,28,29)/t12?,13-,14-,16?/m0/s1. The Kier molecular flexibility index (Phi) is 7.98. The molecule has 1 aliphatic carbocycles. The molecule has 2 fully saturated rings. The van der Waals surface area contributed by atoms with Crippen LogP contribution in [0.25, 0.3) is 0 Å². The number of rotatable bonds is 10. The number of hydrogen-bond acceptors (Lipinski definition) is 6. The number of allylic oxidation sites excluding steroid dienone is 1. The third kappa shape index (κ3) is 6.36. The van der Waals surface area contributed by atoms with E-state index in [1.54, 1.807) is 20.8 Å². The number of hydrogen-bond donors (Lipinski definition) is 3. The average molecular weight is 458 g/mol. The first kappa shape index (κ1) is 25.0. The summed E-state index contributed by atoms with van der Waals surface area (Å²) >= 11 is -2.00. The predicted molar refractivity (Wildman–Crippen MR) is 113 cm³/mol. The van der Waals surface area contributed by atoms with E-state index in [1.807, 2.05) is 0 Å². The molecule has 0 aromatic heterocycles. The van der Waals surface area contributed by atoms with Gasteiger partial charge in [0.05, 0.1) is 5.25 Å². The SMILES string of the molecule is C=C(C)C(=O)CC[C@H](NC(=O)OC(C)(C)C1CC1S(=O)O)C(=O)N1CCC[C@H]1C(N)=O. The first-order valence-electron chi connectivity index (χ1n) is 10.2. The molecule has 0 spiro atoms. The Morgan fingerprint density at radius 2 is 2.00 bits per heavy atom. The molecular formula is C20H31N3O7S. The third-order valence-electron chi connectivity index (χ3n) is 5.83. The third-order valence-corrected chi connectivity index (χ3v) is 6.87. The summed E-state index contributed by atoms with van der Waals surface area (Å²) in [5.41, 5.74) is 4.71. The summed E-state index contributed by atoms with van der Waals surface area (Å²) in [5, 5.41) is 2.04. The van der Waals surface area contributed by atoms with Crippen LogP contribution < -0.4 is 11.1 Å². The van der Waals surface area contributed by atoms with Crippen LogP contribution in [-0.4, -0.2) is 66.8 Å². The van der Waals surface area contributed by atoms with Gasteiger partial charge in [0.25, 0.3) is 0 Å². The van der Waals surface area contributed by atoms with Gasteiger partial charge in [0, 0.05) is 18.9 Å². The van der Waals surface area contributed by atoms with Gasteiger partial charge in [0.1, 0.15) is 17.7 Å². The summed E-state index contributed by atoms with van der Waals surface area (Å²) < 4.78 is 25.9. The minimum Gasteiger partial charge on any atom is -0.443 e. The van der Waals surface area contributed by atoms with Crippen molar-refractivity contribution in [1.29, 1.82) is 0 Å². The number of likely N-dealkylation sites (tertiary alicyclic amines) is 1. The maximum Gasteiger partial charge on any atom is 0.408 e. The first-order chi connectivity index (χ1) is 14.3. The van der Waals surface area contributed by atoms with Crippen molar-refractivity contribution in [2.75, 3.05) is 6.54 Å². The lowest BCUT2D eigenvalue weighted by Crippen LogP contribution is -2.53. The van der Waals surface area contributed by atoms with Gasteiger partial charge in [-0.2, -0.15) is 0 Å². The topological polar surface area (TPSA) is 156 Å². The van der Waals surface area contributed by atoms with Crippen LogP contribution in [0.5, 0.6) is 0 Å². The number of nitrogens with zero attached hydrogens (tertiary/aromatic N) is 1. The molecule has 0 bridgehead atoms. The Hall–Kier alpha value is -2.27. The van der Waals surface area contributed by atoms with Gasteiger partial charge < -0.3 is 25.2 Å². The van der Waals surface area contributed by atoms with Gasteiger partial charge in [-0.1, -0.05) is 6.58 Å². The van der Waals surface area contributed by atoms with Crippen LogP contribution in [0.15, 0.2) is 12.2 Å². The fourth-order valence-corrected chi connectivity index (χ4v) is 4.87. The molecule has 2 aliphatic rings. The lowest BCUT2D eigenvalue weighted by molar-refractivity contribution is -0.139. The normalized spacial score (nSPS) is 24.8. The summed E-state index contributed by atoms with van der Waals surface area (Å²) in [7, 11) is 0. The molecule has 11 heteroatoms. The van der Waals surface area contributed by atoms with Gasteiger partial charge in [0.2, 0.25) is 11.8 Å². The van der Waals surface area contributed by atoms with E-state index in [2.05, 4.69) is 11.9 Å². The van der Waals surface area contributed by atoms with Crippen LogP contribution in [0.2, 0.25) is 0 Å². The summed E-state index contributed by atoms with van der Waals surface area (Å²) in [6, 6.07) is -1.85. The molecule has 1 aliphatic heterocycles. The second-order valence-electron chi connectivity index (χ2n) is 8.68. The van der Waals surface area contributed by atoms with Gasteiger partial charge in [-0.15, -0.1) is 0 Å². The van der Waals surface area contributed by atoms with Crippen LogP contribution in [0.1, 0.15) is 52.9 Å². The van der Waals surface area contributed by atoms with Crippen molar-refractivity contribution in [3.63, 3.8) is 0 Å². The second kappa shape index (κ2) is 9.90. The molecule has 0 radical (unpaired) electrons. The average Bonchev–Trinajstić information content (AvgIpc) is 3.34. The van der Waals surface area contributed by atoms with Gasteiger partial charge >= 0.3 is 6.09 Å². The molecule has 10 nitrogen and oxygen atoms in total. The number of carbonyl (C=O) groups is 4. The number of nitrogens with two attached hydrogens (primary N) is 1. The van der Waals surface area contributed by atoms with Crippen LogP contribution in [0, 0.1) is 5.92 Å². The van der Waals surface area contributed by atoms with Crippen molar-refractivity contribution in [2.45, 2.75) is 75.8 Å². The first-order valence-corrected chi connectivity index (χ1v) is 11.4. The Bertz CT molecular complexity index is 798. The quantitative estimate of drug-likeness (QED) is 0.324. The number of ether oxygens (including phenoxy) is 1. The van der Waals surface area contributed by atoms with Crippen molar-refractivity contribution in [3.05, 3.63) is 12.2 Å². The smallest absolute Gasteiger partial charge is 0.408 e. The molecule has 1 saturated carbocycles. The Balaban J connectivity index is 2.09.